The van der Waals surface area contributed by atoms with Crippen LogP contribution in [0, 0.1) is 10.1 Å². The standard InChI is InChI=1S/C31H31N5O4/c37-28-3-1-2-15-35(28)16-13-20-4-6-21(7-5-20)30(33-24-9-8-23-19-32-14-12-22(23)17-24)29-26-18-25(36(39)40)10-11-27(26)34-31(29)38/h4-11,17-18,32-33H,1-3,12-16,19H2,(H,34,38). The van der Waals surface area contributed by atoms with Crippen molar-refractivity contribution in [3.8, 4) is 0 Å². The minimum atomic E-state index is -0.451. The van der Waals surface area contributed by atoms with Crippen molar-refractivity contribution in [2.45, 2.75) is 38.6 Å². The fourth-order valence-corrected chi connectivity index (χ4v) is 5.70. The number of piperidine rings is 1. The Bertz CT molecular complexity index is 1530. The van der Waals surface area contributed by atoms with E-state index in [1.165, 1.54) is 23.3 Å². The molecule has 0 bridgehead atoms. The third-order valence-corrected chi connectivity index (χ3v) is 7.91. The number of hydrogen-bond acceptors (Lipinski definition) is 6. The highest BCUT2D eigenvalue weighted by atomic mass is 16.6. The molecule has 204 valence electrons. The second kappa shape index (κ2) is 10.9. The topological polar surface area (TPSA) is 117 Å². The van der Waals surface area contributed by atoms with E-state index in [0.717, 1.165) is 62.1 Å². The Morgan fingerprint density at radius 3 is 2.62 bits per heavy atom. The van der Waals surface area contributed by atoms with E-state index >= 15 is 0 Å². The summed E-state index contributed by atoms with van der Waals surface area (Å²) in [5.74, 6) is -0.0900. The number of likely N-dealkylation sites (tertiary alicyclic amines) is 1. The summed E-state index contributed by atoms with van der Waals surface area (Å²) in [6.45, 7) is 3.24. The van der Waals surface area contributed by atoms with Gasteiger partial charge in [-0.15, -0.1) is 0 Å². The van der Waals surface area contributed by atoms with Gasteiger partial charge in [-0.05, 0) is 72.7 Å². The summed E-state index contributed by atoms with van der Waals surface area (Å²) in [5.41, 5.74) is 7.17. The Morgan fingerprint density at radius 2 is 1.82 bits per heavy atom. The van der Waals surface area contributed by atoms with Gasteiger partial charge in [-0.2, -0.15) is 0 Å². The van der Waals surface area contributed by atoms with E-state index < -0.39 is 4.92 Å². The molecule has 40 heavy (non-hydrogen) atoms. The highest BCUT2D eigenvalue weighted by Gasteiger charge is 2.30. The third kappa shape index (κ3) is 5.20. The molecule has 3 aliphatic heterocycles. The molecule has 0 spiro atoms. The van der Waals surface area contributed by atoms with Crippen LogP contribution in [0.25, 0.3) is 11.3 Å². The van der Waals surface area contributed by atoms with E-state index in [0.29, 0.717) is 35.5 Å². The lowest BCUT2D eigenvalue weighted by Gasteiger charge is -2.26. The van der Waals surface area contributed by atoms with Crippen LogP contribution in [0.1, 0.15) is 47.1 Å². The molecule has 6 rings (SSSR count). The Morgan fingerprint density at radius 1 is 0.975 bits per heavy atom. The van der Waals surface area contributed by atoms with Gasteiger partial charge in [-0.3, -0.25) is 19.7 Å². The van der Waals surface area contributed by atoms with Crippen LogP contribution in [0.5, 0.6) is 0 Å². The molecule has 9 heteroatoms. The average molecular weight is 538 g/mol. The number of carbonyl (C=O) groups is 2. The van der Waals surface area contributed by atoms with Crippen LogP contribution >= 0.6 is 0 Å². The van der Waals surface area contributed by atoms with Gasteiger partial charge in [-0.1, -0.05) is 30.3 Å². The van der Waals surface area contributed by atoms with E-state index in [4.69, 9.17) is 0 Å². The van der Waals surface area contributed by atoms with Gasteiger partial charge in [0, 0.05) is 55.1 Å². The van der Waals surface area contributed by atoms with Crippen molar-refractivity contribution in [3.05, 3.63) is 98.6 Å². The van der Waals surface area contributed by atoms with E-state index in [9.17, 15) is 19.7 Å². The Kier molecular flexibility index (Phi) is 7.04. The first-order valence-electron chi connectivity index (χ1n) is 13.8. The highest BCUT2D eigenvalue weighted by Crippen LogP contribution is 2.39. The summed E-state index contributed by atoms with van der Waals surface area (Å²) in [6.07, 6.45) is 4.31. The van der Waals surface area contributed by atoms with Crippen LogP contribution in [0.4, 0.5) is 17.1 Å². The van der Waals surface area contributed by atoms with Gasteiger partial charge in [0.1, 0.15) is 0 Å². The number of fused-ring (bicyclic) bond motifs is 2. The highest BCUT2D eigenvalue weighted by molar-refractivity contribution is 6.37. The summed E-state index contributed by atoms with van der Waals surface area (Å²) in [5, 5.41) is 21.3. The van der Waals surface area contributed by atoms with Gasteiger partial charge in [0.25, 0.3) is 11.6 Å². The van der Waals surface area contributed by atoms with E-state index in [1.54, 1.807) is 6.07 Å². The monoisotopic (exact) mass is 537 g/mol. The average Bonchev–Trinajstić information content (AvgIpc) is 3.30. The second-order valence-corrected chi connectivity index (χ2v) is 10.5. The van der Waals surface area contributed by atoms with Crippen LogP contribution in [0.15, 0.2) is 60.7 Å². The van der Waals surface area contributed by atoms with Crippen molar-refractivity contribution < 1.29 is 14.5 Å². The van der Waals surface area contributed by atoms with E-state index in [-0.39, 0.29) is 17.5 Å². The van der Waals surface area contributed by atoms with Crippen molar-refractivity contribution in [1.29, 1.82) is 0 Å². The molecule has 1 saturated heterocycles. The number of rotatable bonds is 7. The number of nitrogens with one attached hydrogen (secondary N) is 3. The SMILES string of the molecule is O=C1Nc2ccc([N+](=O)[O-])cc2C1=C(Nc1ccc2c(c1)CCNC2)c1ccc(CCN2CCCCC2=O)cc1. The fraction of sp³-hybridized carbons (Fsp3) is 0.290. The van der Waals surface area contributed by atoms with Crippen LogP contribution in [0.3, 0.4) is 0 Å². The van der Waals surface area contributed by atoms with Gasteiger partial charge >= 0.3 is 0 Å². The molecule has 3 aromatic carbocycles. The number of benzene rings is 3. The minimum Gasteiger partial charge on any atom is -0.354 e. The number of amides is 2. The first-order chi connectivity index (χ1) is 19.5. The summed E-state index contributed by atoms with van der Waals surface area (Å²) in [4.78, 5) is 38.5. The zero-order valence-corrected chi connectivity index (χ0v) is 22.2. The molecule has 0 saturated carbocycles. The van der Waals surface area contributed by atoms with Crippen LogP contribution in [0.2, 0.25) is 0 Å². The molecule has 0 unspecified atom stereocenters. The second-order valence-electron chi connectivity index (χ2n) is 10.5. The smallest absolute Gasteiger partial charge is 0.270 e. The predicted molar refractivity (Wildman–Crippen MR) is 155 cm³/mol. The summed E-state index contributed by atoms with van der Waals surface area (Å²) in [6, 6.07) is 18.6. The lowest BCUT2D eigenvalue weighted by atomic mass is 9.97. The maximum Gasteiger partial charge on any atom is 0.270 e. The van der Waals surface area contributed by atoms with E-state index in [1.807, 2.05) is 35.2 Å². The molecule has 0 radical (unpaired) electrons. The fourth-order valence-electron chi connectivity index (χ4n) is 5.70. The Hall–Kier alpha value is -4.50. The van der Waals surface area contributed by atoms with Gasteiger partial charge < -0.3 is 20.9 Å². The zero-order valence-electron chi connectivity index (χ0n) is 22.2. The number of nitro benzene ring substituents is 1. The maximum atomic E-state index is 13.3. The number of nitro groups is 1. The molecule has 3 heterocycles. The van der Waals surface area contributed by atoms with Crippen LogP contribution in [-0.4, -0.2) is 41.3 Å². The molecule has 0 aromatic heterocycles. The van der Waals surface area contributed by atoms with Crippen molar-refractivity contribution >= 4 is 40.1 Å². The van der Waals surface area contributed by atoms with Gasteiger partial charge in [0.15, 0.2) is 0 Å². The molecule has 0 aliphatic carbocycles. The van der Waals surface area contributed by atoms with Crippen LogP contribution in [-0.2, 0) is 29.0 Å². The number of hydrogen-bond donors (Lipinski definition) is 3. The summed E-state index contributed by atoms with van der Waals surface area (Å²) >= 11 is 0. The molecule has 3 N–H and O–H groups in total. The van der Waals surface area contributed by atoms with Crippen molar-refractivity contribution in [2.75, 3.05) is 30.3 Å². The molecule has 0 atom stereocenters. The van der Waals surface area contributed by atoms with Crippen molar-refractivity contribution in [3.63, 3.8) is 0 Å². The number of carbonyl (C=O) groups excluding carboxylic acids is 2. The normalized spacial score (nSPS) is 17.6. The molecular weight excluding hydrogens is 506 g/mol. The lowest BCUT2D eigenvalue weighted by molar-refractivity contribution is -0.384. The predicted octanol–water partition coefficient (Wildman–Crippen LogP) is 4.73. The van der Waals surface area contributed by atoms with E-state index in [2.05, 4.69) is 28.1 Å². The first kappa shape index (κ1) is 25.8. The molecule has 3 aromatic rings. The van der Waals surface area contributed by atoms with Crippen LogP contribution < -0.4 is 16.0 Å². The lowest BCUT2D eigenvalue weighted by Crippen LogP contribution is -2.36. The molecule has 9 nitrogen and oxygen atoms in total. The van der Waals surface area contributed by atoms with Crippen molar-refractivity contribution in [2.24, 2.45) is 0 Å². The third-order valence-electron chi connectivity index (χ3n) is 7.91. The molecule has 1 fully saturated rings. The molecular formula is C31H31N5O4. The Labute approximate surface area is 232 Å². The zero-order chi connectivity index (χ0) is 27.6. The summed E-state index contributed by atoms with van der Waals surface area (Å²) < 4.78 is 0. The largest absolute Gasteiger partial charge is 0.354 e. The van der Waals surface area contributed by atoms with Crippen molar-refractivity contribution in [1.82, 2.24) is 10.2 Å². The Balaban J connectivity index is 1.36. The first-order valence-corrected chi connectivity index (χ1v) is 13.8. The van der Waals surface area contributed by atoms with Gasteiger partial charge in [-0.25, -0.2) is 0 Å². The number of anilines is 2. The molecule has 2 amide bonds. The number of non-ortho nitro benzene ring substituents is 1. The minimum absolute atomic E-state index is 0.0732. The van der Waals surface area contributed by atoms with Gasteiger partial charge in [0.2, 0.25) is 5.91 Å². The van der Waals surface area contributed by atoms with Gasteiger partial charge in [0.05, 0.1) is 16.2 Å². The summed E-state index contributed by atoms with van der Waals surface area (Å²) in [7, 11) is 0. The molecule has 3 aliphatic rings. The maximum absolute atomic E-state index is 13.3. The quantitative estimate of drug-likeness (QED) is 0.228. The number of nitrogens with zero attached hydrogens (tertiary/aromatic N) is 2.